The van der Waals surface area contributed by atoms with E-state index in [0.717, 1.165) is 0 Å². The summed E-state index contributed by atoms with van der Waals surface area (Å²) in [5.74, 6) is 0. The number of allylic oxidation sites excluding steroid dienone is 1. The van der Waals surface area contributed by atoms with Crippen molar-refractivity contribution in [2.45, 2.75) is 47.7 Å². The minimum absolute atomic E-state index is 0.608. The Morgan fingerprint density at radius 2 is 1.48 bits per heavy atom. The van der Waals surface area contributed by atoms with Crippen LogP contribution in [0, 0.1) is 0 Å². The molecule has 1 nitrogen and oxygen atoms in total. The summed E-state index contributed by atoms with van der Waals surface area (Å²) in [4.78, 5) is 23.6. The second-order valence-corrected chi connectivity index (χ2v) is 35.4. The number of benzene rings is 1. The molecule has 10 heterocycles. The Hall–Kier alpha value is -0.851. The zero-order valence-corrected chi connectivity index (χ0v) is 12.6. The van der Waals surface area contributed by atoms with Crippen LogP contribution in [0.3, 0.4) is 0 Å². The SMILES string of the molecule is O=CC(=Cc1ccccc1)[C]12[CH]3[CH]4[CH]5[CH]1[Fe]45321678[CH]2[CH]1[CH]6[CH]7[CH]28. The van der Waals surface area contributed by atoms with Crippen LogP contribution in [0.1, 0.15) is 5.56 Å². The summed E-state index contributed by atoms with van der Waals surface area (Å²) >= 11 is 0. The van der Waals surface area contributed by atoms with Crippen LogP contribution in [0.15, 0.2) is 35.9 Å². The number of hydrogen-bond donors (Lipinski definition) is 0. The van der Waals surface area contributed by atoms with E-state index in [1.807, 2.05) is 0 Å². The standard InChI is InChI=1S/C14H11O.C5H5.Fe/c15-11-14(13-8-4-5-9-13)10-12-6-2-1-3-7-12;1-2-4-5-3-1;/h1-11H;1-5H;. The minimum atomic E-state index is -3.14. The average Bonchev–Trinajstić information content (AvgIpc) is 3.46. The fourth-order valence-corrected chi connectivity index (χ4v) is 92.2. The molecule has 21 heavy (non-hydrogen) atoms. The van der Waals surface area contributed by atoms with Crippen LogP contribution in [0.2, 0.25) is 47.7 Å². The number of hydrogen-bond acceptors (Lipinski definition) is 1. The fraction of sp³-hybridized carbons (Fsp3) is 0.526. The predicted molar refractivity (Wildman–Crippen MR) is 76.9 cm³/mol. The molecule has 0 radical (unpaired) electrons. The van der Waals surface area contributed by atoms with Gasteiger partial charge in [0, 0.05) is 0 Å². The summed E-state index contributed by atoms with van der Waals surface area (Å²) in [5, 5.41) is 0. The van der Waals surface area contributed by atoms with Crippen LogP contribution >= 0.6 is 0 Å². The van der Waals surface area contributed by atoms with Crippen molar-refractivity contribution in [3.8, 4) is 0 Å². The molecule has 0 amide bonds. The Bertz CT molecular complexity index is 1190. The van der Waals surface area contributed by atoms with Gasteiger partial charge in [0.15, 0.2) is 0 Å². The topological polar surface area (TPSA) is 17.1 Å². The van der Waals surface area contributed by atoms with Crippen molar-refractivity contribution in [2.24, 2.45) is 0 Å². The van der Waals surface area contributed by atoms with E-state index in [2.05, 4.69) is 36.4 Å². The normalized spacial score (nSPS) is 99.2. The van der Waals surface area contributed by atoms with Crippen LogP contribution in [0.4, 0.5) is 0 Å². The van der Waals surface area contributed by atoms with Gasteiger partial charge in [-0.1, -0.05) is 0 Å². The van der Waals surface area contributed by atoms with E-state index in [1.165, 1.54) is 60.8 Å². The molecule has 11 rings (SSSR count). The summed E-state index contributed by atoms with van der Waals surface area (Å²) in [7, 11) is 0. The Kier molecular flexibility index (Phi) is 0.300. The van der Waals surface area contributed by atoms with Crippen LogP contribution in [-0.2, 0) is 11.3 Å². The molecule has 10 aliphatic rings. The third-order valence-corrected chi connectivity index (χ3v) is 58.7. The molecule has 0 aromatic heterocycles. The first-order valence-electron chi connectivity index (χ1n) is 8.52. The summed E-state index contributed by atoms with van der Waals surface area (Å²) in [6, 6.07) is 10.6. The van der Waals surface area contributed by atoms with Gasteiger partial charge in [0.1, 0.15) is 0 Å². The molecular formula is C19H16FeO. The first-order valence-corrected chi connectivity index (χ1v) is 14.8. The molecule has 10 saturated heterocycles. The third kappa shape index (κ3) is 0.105. The molecule has 2 heteroatoms. The number of carbonyl (C=O) groups excluding carboxylic acids is 1. The van der Waals surface area contributed by atoms with Crippen LogP contribution in [0.25, 0.3) is 6.08 Å². The molecule has 0 saturated carbocycles. The van der Waals surface area contributed by atoms with Gasteiger partial charge in [0.2, 0.25) is 0 Å². The molecule has 0 bridgehead atoms. The van der Waals surface area contributed by atoms with Gasteiger partial charge >= 0.3 is 113 Å². The Labute approximate surface area is 113 Å². The van der Waals surface area contributed by atoms with Gasteiger partial charge in [-0.05, 0) is 0 Å². The number of carbonyl (C=O) groups is 1. The molecule has 1 spiro atoms. The van der Waals surface area contributed by atoms with Crippen LogP contribution in [-0.4, -0.2) is 6.29 Å². The van der Waals surface area contributed by atoms with Crippen molar-refractivity contribution in [1.82, 2.24) is 0 Å². The monoisotopic (exact) mass is 316 g/mol. The average molecular weight is 316 g/mol. The van der Waals surface area contributed by atoms with Crippen molar-refractivity contribution >= 4 is 12.4 Å². The van der Waals surface area contributed by atoms with Gasteiger partial charge in [-0.2, -0.15) is 0 Å². The third-order valence-electron chi connectivity index (χ3n) is 16.4. The van der Waals surface area contributed by atoms with Gasteiger partial charge in [-0.25, -0.2) is 0 Å². The summed E-state index contributed by atoms with van der Waals surface area (Å²) < 4.78 is 0.608. The maximum atomic E-state index is 12.1. The maximum absolute atomic E-state index is 12.1. The number of rotatable bonds is 3. The predicted octanol–water partition coefficient (Wildman–Crippen LogP) is 5.03. The molecule has 1 aromatic rings. The van der Waals surface area contributed by atoms with Crippen molar-refractivity contribution < 1.29 is 11.3 Å². The van der Waals surface area contributed by atoms with Crippen LogP contribution < -0.4 is 0 Å². The van der Waals surface area contributed by atoms with Gasteiger partial charge < -0.3 is 0 Å². The summed E-state index contributed by atoms with van der Waals surface area (Å²) in [6.07, 6.45) is 3.63. The van der Waals surface area contributed by atoms with Crippen LogP contribution in [0.5, 0.6) is 0 Å². The van der Waals surface area contributed by atoms with E-state index < -0.39 is 6.51 Å². The van der Waals surface area contributed by atoms with Crippen molar-refractivity contribution in [2.75, 3.05) is 0 Å². The Morgan fingerprint density at radius 1 is 0.905 bits per heavy atom. The first kappa shape index (κ1) is 8.13. The Morgan fingerprint density at radius 3 is 1.86 bits per heavy atom. The summed E-state index contributed by atoms with van der Waals surface area (Å²) in [6.45, 7) is -3.14. The van der Waals surface area contributed by atoms with Gasteiger partial charge in [-0.3, -0.25) is 0 Å². The number of aldehydes is 1. The molecule has 0 aliphatic carbocycles. The van der Waals surface area contributed by atoms with E-state index in [0.29, 0.717) is 4.31 Å². The molecule has 10 fully saturated rings. The molecule has 1 aromatic carbocycles. The Balaban J connectivity index is 1.37. The molecule has 4 atom stereocenters. The van der Waals surface area contributed by atoms with E-state index in [4.69, 9.17) is 0 Å². The van der Waals surface area contributed by atoms with Crippen molar-refractivity contribution in [3.05, 3.63) is 41.5 Å². The van der Waals surface area contributed by atoms with Crippen molar-refractivity contribution in [1.29, 1.82) is 0 Å². The van der Waals surface area contributed by atoms with Crippen molar-refractivity contribution in [3.63, 3.8) is 0 Å². The van der Waals surface area contributed by atoms with E-state index in [-0.39, 0.29) is 0 Å². The molecule has 0 N–H and O–H groups in total. The molecule has 10 aliphatic heterocycles. The first-order chi connectivity index (χ1) is 10.1. The van der Waals surface area contributed by atoms with Gasteiger partial charge in [0.25, 0.3) is 0 Å². The second kappa shape index (κ2) is 0.776. The second-order valence-electron chi connectivity index (χ2n) is 11.8. The van der Waals surface area contributed by atoms with Gasteiger partial charge in [-0.15, -0.1) is 0 Å². The van der Waals surface area contributed by atoms with Gasteiger partial charge in [0.05, 0.1) is 0 Å². The van der Waals surface area contributed by atoms with E-state index in [9.17, 15) is 4.79 Å². The molecule has 106 valence electrons. The quantitative estimate of drug-likeness (QED) is 0.434. The van der Waals surface area contributed by atoms with E-state index >= 15 is 0 Å². The fourth-order valence-electron chi connectivity index (χ4n) is 17.9. The molecular weight excluding hydrogens is 300 g/mol. The molecule has 4 unspecified atom stereocenters. The zero-order chi connectivity index (χ0) is 13.1. The number of fused-ring (bicyclic) bond motifs is 10. The summed E-state index contributed by atoms with van der Waals surface area (Å²) in [5.41, 5.74) is 2.57. The zero-order valence-electron chi connectivity index (χ0n) is 11.5. The van der Waals surface area contributed by atoms with E-state index in [1.54, 1.807) is 0 Å².